The van der Waals surface area contributed by atoms with Crippen LogP contribution < -0.4 is 5.32 Å². The second kappa shape index (κ2) is 4.43. The van der Waals surface area contributed by atoms with Crippen LogP contribution in [0.25, 0.3) is 0 Å². The number of rotatable bonds is 2. The first kappa shape index (κ1) is 11.2. The predicted molar refractivity (Wildman–Crippen MR) is 68.9 cm³/mol. The van der Waals surface area contributed by atoms with Crippen LogP contribution in [0, 0.1) is 11.8 Å². The van der Waals surface area contributed by atoms with Crippen molar-refractivity contribution < 1.29 is 5.11 Å². The van der Waals surface area contributed by atoms with Crippen LogP contribution in [-0.2, 0) is 0 Å². The van der Waals surface area contributed by atoms with E-state index in [-0.39, 0.29) is 12.1 Å². The molecule has 0 radical (unpaired) electrons. The lowest BCUT2D eigenvalue weighted by Gasteiger charge is -2.40. The molecule has 2 bridgehead atoms. The van der Waals surface area contributed by atoms with E-state index in [0.717, 1.165) is 5.92 Å². The summed E-state index contributed by atoms with van der Waals surface area (Å²) in [6.45, 7) is 0. The Kier molecular flexibility index (Phi) is 2.93. The van der Waals surface area contributed by atoms with Gasteiger partial charge in [0.1, 0.15) is 0 Å². The van der Waals surface area contributed by atoms with Gasteiger partial charge in [-0.2, -0.15) is 0 Å². The van der Waals surface area contributed by atoms with E-state index in [9.17, 15) is 5.11 Å². The molecular formula is C15H21NO. The molecule has 5 unspecified atom stereocenters. The average Bonchev–Trinajstić information content (AvgIpc) is 2.80. The minimum Gasteiger partial charge on any atom is -0.391 e. The highest BCUT2D eigenvalue weighted by molar-refractivity contribution is 5.25. The van der Waals surface area contributed by atoms with E-state index in [1.54, 1.807) is 0 Å². The Morgan fingerprint density at radius 1 is 1.12 bits per heavy atom. The molecule has 2 saturated carbocycles. The normalized spacial score (nSPS) is 40.5. The fourth-order valence-electron chi connectivity index (χ4n) is 3.99. The number of fused-ring (bicyclic) bond motifs is 2. The van der Waals surface area contributed by atoms with Gasteiger partial charge in [-0.25, -0.2) is 0 Å². The van der Waals surface area contributed by atoms with Crippen molar-refractivity contribution in [2.24, 2.45) is 11.8 Å². The maximum absolute atomic E-state index is 10.4. The summed E-state index contributed by atoms with van der Waals surface area (Å²) in [5.74, 6) is 1.76. The highest BCUT2D eigenvalue weighted by atomic mass is 16.3. The lowest BCUT2D eigenvalue weighted by molar-refractivity contribution is 0.0334. The molecule has 2 aliphatic carbocycles. The molecule has 17 heavy (non-hydrogen) atoms. The molecule has 0 amide bonds. The van der Waals surface area contributed by atoms with Gasteiger partial charge in [0.05, 0.1) is 6.10 Å². The van der Waals surface area contributed by atoms with E-state index in [2.05, 4.69) is 35.6 Å². The van der Waals surface area contributed by atoms with Crippen molar-refractivity contribution in [2.45, 2.75) is 37.3 Å². The van der Waals surface area contributed by atoms with Crippen molar-refractivity contribution in [3.05, 3.63) is 35.9 Å². The average molecular weight is 231 g/mol. The molecule has 5 atom stereocenters. The maximum Gasteiger partial charge on any atom is 0.0727 e. The molecule has 2 fully saturated rings. The van der Waals surface area contributed by atoms with Gasteiger partial charge in [-0.05, 0) is 43.7 Å². The van der Waals surface area contributed by atoms with Gasteiger partial charge in [0, 0.05) is 12.0 Å². The summed E-state index contributed by atoms with van der Waals surface area (Å²) < 4.78 is 0. The maximum atomic E-state index is 10.4. The van der Waals surface area contributed by atoms with Crippen LogP contribution >= 0.6 is 0 Å². The Bertz CT molecular complexity index is 378. The van der Waals surface area contributed by atoms with Crippen LogP contribution in [0.15, 0.2) is 30.3 Å². The zero-order valence-electron chi connectivity index (χ0n) is 10.3. The zero-order valence-corrected chi connectivity index (χ0v) is 10.3. The van der Waals surface area contributed by atoms with Crippen molar-refractivity contribution in [1.29, 1.82) is 0 Å². The Morgan fingerprint density at radius 3 is 2.53 bits per heavy atom. The zero-order chi connectivity index (χ0) is 11.8. The quantitative estimate of drug-likeness (QED) is 0.817. The fourth-order valence-corrected chi connectivity index (χ4v) is 3.99. The van der Waals surface area contributed by atoms with Crippen LogP contribution in [0.5, 0.6) is 0 Å². The van der Waals surface area contributed by atoms with Crippen molar-refractivity contribution in [2.75, 3.05) is 7.05 Å². The Labute approximate surface area is 103 Å². The first-order valence-electron chi connectivity index (χ1n) is 6.71. The lowest BCUT2D eigenvalue weighted by atomic mass is 9.71. The van der Waals surface area contributed by atoms with Crippen molar-refractivity contribution in [3.63, 3.8) is 0 Å². The number of hydrogen-bond donors (Lipinski definition) is 2. The molecule has 0 aliphatic heterocycles. The molecule has 92 valence electrons. The third-order valence-corrected chi connectivity index (χ3v) is 4.78. The molecule has 0 aromatic heterocycles. The highest BCUT2D eigenvalue weighted by Crippen LogP contribution is 2.49. The van der Waals surface area contributed by atoms with E-state index >= 15 is 0 Å². The Balaban J connectivity index is 1.95. The van der Waals surface area contributed by atoms with Crippen molar-refractivity contribution in [3.8, 4) is 0 Å². The first-order valence-corrected chi connectivity index (χ1v) is 6.71. The molecule has 2 aliphatic rings. The third-order valence-electron chi connectivity index (χ3n) is 4.78. The highest BCUT2D eigenvalue weighted by Gasteiger charge is 2.47. The second-order valence-electron chi connectivity index (χ2n) is 5.57. The number of aliphatic hydroxyl groups is 1. The van der Waals surface area contributed by atoms with Crippen LogP contribution in [0.3, 0.4) is 0 Å². The van der Waals surface area contributed by atoms with Gasteiger partial charge in [-0.1, -0.05) is 30.3 Å². The van der Waals surface area contributed by atoms with E-state index in [4.69, 9.17) is 0 Å². The van der Waals surface area contributed by atoms with Gasteiger partial charge in [0.15, 0.2) is 0 Å². The number of aliphatic hydroxyl groups excluding tert-OH is 1. The fraction of sp³-hybridized carbons (Fsp3) is 0.600. The number of likely N-dealkylation sites (N-methyl/N-ethyl adjacent to an activating group) is 1. The summed E-state index contributed by atoms with van der Waals surface area (Å²) in [7, 11) is 1.98. The summed E-state index contributed by atoms with van der Waals surface area (Å²) in [6, 6.07) is 10.9. The van der Waals surface area contributed by atoms with Gasteiger partial charge in [0.25, 0.3) is 0 Å². The SMILES string of the molecule is CNC1C(O)C2CCC(C2)C1c1ccccc1. The number of hydrogen-bond acceptors (Lipinski definition) is 2. The van der Waals surface area contributed by atoms with E-state index < -0.39 is 0 Å². The van der Waals surface area contributed by atoms with Crippen molar-refractivity contribution >= 4 is 0 Å². The van der Waals surface area contributed by atoms with E-state index in [1.807, 2.05) is 7.05 Å². The molecule has 0 saturated heterocycles. The Morgan fingerprint density at radius 2 is 1.82 bits per heavy atom. The van der Waals surface area contributed by atoms with Crippen LogP contribution in [0.4, 0.5) is 0 Å². The van der Waals surface area contributed by atoms with Gasteiger partial charge >= 0.3 is 0 Å². The Hall–Kier alpha value is -0.860. The van der Waals surface area contributed by atoms with Crippen LogP contribution in [0.2, 0.25) is 0 Å². The standard InChI is InChI=1S/C15H21NO/c1-16-14-13(10-5-3-2-4-6-10)11-7-8-12(9-11)15(14)17/h2-6,11-17H,7-9H2,1H3. The third kappa shape index (κ3) is 1.80. The predicted octanol–water partition coefficient (Wildman–Crippen LogP) is 2.15. The van der Waals surface area contributed by atoms with Gasteiger partial charge < -0.3 is 10.4 Å². The topological polar surface area (TPSA) is 32.3 Å². The molecule has 2 heteroatoms. The van der Waals surface area contributed by atoms with Gasteiger partial charge in [-0.3, -0.25) is 0 Å². The van der Waals surface area contributed by atoms with Crippen LogP contribution in [-0.4, -0.2) is 24.3 Å². The molecule has 2 N–H and O–H groups in total. The molecule has 1 aromatic carbocycles. The van der Waals surface area contributed by atoms with Crippen molar-refractivity contribution in [1.82, 2.24) is 5.32 Å². The molecule has 0 heterocycles. The molecular weight excluding hydrogens is 210 g/mol. The van der Waals surface area contributed by atoms with Crippen LogP contribution in [0.1, 0.15) is 30.7 Å². The number of nitrogens with one attached hydrogen (secondary N) is 1. The van der Waals surface area contributed by atoms with Gasteiger partial charge in [0.2, 0.25) is 0 Å². The summed E-state index contributed by atoms with van der Waals surface area (Å²) in [4.78, 5) is 0. The largest absolute Gasteiger partial charge is 0.391 e. The molecule has 2 nitrogen and oxygen atoms in total. The second-order valence-corrected chi connectivity index (χ2v) is 5.57. The summed E-state index contributed by atoms with van der Waals surface area (Å²) in [5, 5.41) is 13.8. The lowest BCUT2D eigenvalue weighted by Crippen LogP contribution is -2.50. The minimum atomic E-state index is -0.177. The monoisotopic (exact) mass is 231 g/mol. The summed E-state index contributed by atoms with van der Waals surface area (Å²) in [6.07, 6.45) is 3.51. The van der Waals surface area contributed by atoms with Gasteiger partial charge in [-0.15, -0.1) is 0 Å². The minimum absolute atomic E-state index is 0.177. The smallest absolute Gasteiger partial charge is 0.0727 e. The molecule has 1 aromatic rings. The summed E-state index contributed by atoms with van der Waals surface area (Å²) in [5.41, 5.74) is 1.39. The molecule has 0 spiro atoms. The van der Waals surface area contributed by atoms with E-state index in [1.165, 1.54) is 24.8 Å². The van der Waals surface area contributed by atoms with E-state index in [0.29, 0.717) is 11.8 Å². The summed E-state index contributed by atoms with van der Waals surface area (Å²) >= 11 is 0. The first-order chi connectivity index (χ1) is 8.31. The molecule has 3 rings (SSSR count). The number of benzene rings is 1.